The molecule has 4 nitrogen and oxygen atoms in total. The van der Waals surface area contributed by atoms with E-state index in [4.69, 9.17) is 4.74 Å². The number of nitrogens with zero attached hydrogens (tertiary/aromatic N) is 2. The molecule has 0 N–H and O–H groups in total. The van der Waals surface area contributed by atoms with Crippen LogP contribution in [0.15, 0.2) is 30.3 Å². The lowest BCUT2D eigenvalue weighted by Crippen LogP contribution is -3.00. The van der Waals surface area contributed by atoms with Crippen molar-refractivity contribution in [3.05, 3.63) is 35.9 Å². The summed E-state index contributed by atoms with van der Waals surface area (Å²) in [6.07, 6.45) is 5.56. The summed E-state index contributed by atoms with van der Waals surface area (Å²) in [6.45, 7) is 6.14. The zero-order valence-corrected chi connectivity index (χ0v) is 18.6. The minimum Gasteiger partial charge on any atom is -1.00 e. The first-order valence-corrected chi connectivity index (χ1v) is 9.75. The van der Waals surface area contributed by atoms with Gasteiger partial charge in [-0.2, -0.15) is 0 Å². The maximum Gasteiger partial charge on any atom is 0.331 e. The second-order valence-corrected chi connectivity index (χ2v) is 8.47. The molecule has 0 amide bonds. The highest BCUT2D eigenvalue weighted by Gasteiger charge is 2.44. The second-order valence-electron chi connectivity index (χ2n) is 8.47. The van der Waals surface area contributed by atoms with Crippen molar-refractivity contribution < 1.29 is 38.0 Å². The second kappa shape index (κ2) is 9.02. The summed E-state index contributed by atoms with van der Waals surface area (Å²) in [5.74, 6) is -0.0715. The van der Waals surface area contributed by atoms with Crippen LogP contribution in [-0.4, -0.2) is 61.7 Å². The molecule has 0 spiro atoms. The van der Waals surface area contributed by atoms with Crippen LogP contribution in [0.4, 0.5) is 0 Å². The van der Waals surface area contributed by atoms with Crippen molar-refractivity contribution in [2.24, 2.45) is 0 Å². The Morgan fingerprint density at radius 3 is 2.23 bits per heavy atom. The standard InChI is InChI=1S/C21H33N2O2.HI/c1-21(18-10-6-4-7-11-18,22-14-8-5-9-15-22)20(24)25-19-12-16-23(2,3)17-13-19;/h4,6-7,10-11,19H,5,8-9,12-17H2,1-3H3;1H/q+1;/p-1/t21-;/m0./s1. The fourth-order valence-corrected chi connectivity index (χ4v) is 4.16. The van der Waals surface area contributed by atoms with E-state index < -0.39 is 5.54 Å². The number of piperidine rings is 2. The zero-order chi connectivity index (χ0) is 17.9. The van der Waals surface area contributed by atoms with Crippen LogP contribution in [0, 0.1) is 0 Å². The maximum atomic E-state index is 13.3. The van der Waals surface area contributed by atoms with Crippen molar-refractivity contribution in [3.63, 3.8) is 0 Å². The van der Waals surface area contributed by atoms with Crippen LogP contribution in [0.3, 0.4) is 0 Å². The fourth-order valence-electron chi connectivity index (χ4n) is 4.16. The average molecular weight is 472 g/mol. The van der Waals surface area contributed by atoms with Crippen LogP contribution in [0.25, 0.3) is 0 Å². The number of hydrogen-bond donors (Lipinski definition) is 0. The topological polar surface area (TPSA) is 29.5 Å². The molecule has 146 valence electrons. The average Bonchev–Trinajstić information content (AvgIpc) is 2.64. The lowest BCUT2D eigenvalue weighted by molar-refractivity contribution is -0.896. The molecule has 0 aromatic heterocycles. The Balaban J connectivity index is 0.00000243. The van der Waals surface area contributed by atoms with Gasteiger partial charge in [0.05, 0.1) is 27.2 Å². The molecule has 1 atom stereocenters. The van der Waals surface area contributed by atoms with E-state index in [1.165, 1.54) is 6.42 Å². The molecule has 1 aromatic carbocycles. The van der Waals surface area contributed by atoms with Gasteiger partial charge in [-0.3, -0.25) is 4.90 Å². The first kappa shape index (κ1) is 21.6. The number of hydrogen-bond acceptors (Lipinski definition) is 3. The molecule has 2 saturated heterocycles. The number of ether oxygens (including phenoxy) is 1. The summed E-state index contributed by atoms with van der Waals surface area (Å²) < 4.78 is 7.09. The van der Waals surface area contributed by atoms with Crippen molar-refractivity contribution in [1.29, 1.82) is 0 Å². The van der Waals surface area contributed by atoms with E-state index in [1.807, 2.05) is 18.2 Å². The monoisotopic (exact) mass is 472 g/mol. The molecule has 0 radical (unpaired) electrons. The van der Waals surface area contributed by atoms with E-state index in [-0.39, 0.29) is 36.0 Å². The Labute approximate surface area is 175 Å². The largest absolute Gasteiger partial charge is 1.00 e. The van der Waals surface area contributed by atoms with Crippen molar-refractivity contribution in [3.8, 4) is 0 Å². The van der Waals surface area contributed by atoms with Gasteiger partial charge in [0.25, 0.3) is 0 Å². The lowest BCUT2D eigenvalue weighted by atomic mass is 9.88. The minimum absolute atomic E-state index is 0. The van der Waals surface area contributed by atoms with Gasteiger partial charge < -0.3 is 33.2 Å². The summed E-state index contributed by atoms with van der Waals surface area (Å²) in [6, 6.07) is 10.2. The quantitative estimate of drug-likeness (QED) is 0.356. The van der Waals surface area contributed by atoms with Gasteiger partial charge in [-0.05, 0) is 38.4 Å². The molecule has 1 aromatic rings. The Bertz CT molecular complexity index is 577. The third-order valence-electron chi connectivity index (χ3n) is 6.11. The smallest absolute Gasteiger partial charge is 0.331 e. The van der Waals surface area contributed by atoms with Gasteiger partial charge in [0, 0.05) is 12.8 Å². The predicted molar refractivity (Wildman–Crippen MR) is 100 cm³/mol. The number of benzene rings is 1. The van der Waals surface area contributed by atoms with Gasteiger partial charge in [-0.25, -0.2) is 4.79 Å². The number of carbonyl (C=O) groups is 1. The van der Waals surface area contributed by atoms with Crippen LogP contribution >= 0.6 is 0 Å². The van der Waals surface area contributed by atoms with Crippen LogP contribution in [0.1, 0.15) is 44.6 Å². The van der Waals surface area contributed by atoms with Crippen molar-refractivity contribution in [2.75, 3.05) is 40.3 Å². The predicted octanol–water partition coefficient (Wildman–Crippen LogP) is 0.174. The zero-order valence-electron chi connectivity index (χ0n) is 16.4. The SMILES string of the molecule is C[C@@](C(=O)OC1CC[N+](C)(C)CC1)(c1ccccc1)N1CCCCC1.[I-]. The third kappa shape index (κ3) is 4.78. The highest BCUT2D eigenvalue weighted by Crippen LogP contribution is 2.33. The molecule has 0 aliphatic carbocycles. The van der Waals surface area contributed by atoms with Crippen molar-refractivity contribution in [2.45, 2.75) is 50.7 Å². The van der Waals surface area contributed by atoms with Gasteiger partial charge in [0.2, 0.25) is 0 Å². The third-order valence-corrected chi connectivity index (χ3v) is 6.11. The Kier molecular flexibility index (Phi) is 7.51. The summed E-state index contributed by atoms with van der Waals surface area (Å²) in [4.78, 5) is 15.7. The molecule has 2 aliphatic rings. The van der Waals surface area contributed by atoms with Gasteiger partial charge >= 0.3 is 5.97 Å². The van der Waals surface area contributed by atoms with Gasteiger partial charge in [-0.15, -0.1) is 0 Å². The van der Waals surface area contributed by atoms with Gasteiger partial charge in [0.1, 0.15) is 11.6 Å². The minimum atomic E-state index is -0.677. The molecule has 0 bridgehead atoms. The lowest BCUT2D eigenvalue weighted by Gasteiger charge is -2.43. The highest BCUT2D eigenvalue weighted by molar-refractivity contribution is 5.82. The number of likely N-dealkylation sites (tertiary alicyclic amines) is 2. The highest BCUT2D eigenvalue weighted by atomic mass is 127. The van der Waals surface area contributed by atoms with E-state index in [0.29, 0.717) is 0 Å². The number of esters is 1. The fraction of sp³-hybridized carbons (Fsp3) is 0.667. The van der Waals surface area contributed by atoms with Crippen LogP contribution in [0.5, 0.6) is 0 Å². The molecule has 5 heteroatoms. The normalized spacial score (nSPS) is 23.5. The summed E-state index contributed by atoms with van der Waals surface area (Å²) in [7, 11) is 4.50. The summed E-state index contributed by atoms with van der Waals surface area (Å²) >= 11 is 0. The molecule has 2 heterocycles. The molecular formula is C21H33IN2O2. The molecule has 0 unspecified atom stereocenters. The van der Waals surface area contributed by atoms with E-state index in [9.17, 15) is 4.79 Å². The first-order valence-electron chi connectivity index (χ1n) is 9.75. The Hall–Kier alpha value is -0.660. The number of rotatable bonds is 4. The van der Waals surface area contributed by atoms with E-state index in [2.05, 4.69) is 38.1 Å². The summed E-state index contributed by atoms with van der Waals surface area (Å²) in [5.41, 5.74) is 0.373. The molecule has 2 aliphatic heterocycles. The van der Waals surface area contributed by atoms with Crippen LogP contribution in [-0.2, 0) is 15.1 Å². The first-order chi connectivity index (χ1) is 11.9. The molecule has 3 rings (SSSR count). The van der Waals surface area contributed by atoms with E-state index >= 15 is 0 Å². The maximum absolute atomic E-state index is 13.3. The molecule has 0 saturated carbocycles. The van der Waals surface area contributed by atoms with Crippen LogP contribution in [0.2, 0.25) is 0 Å². The van der Waals surface area contributed by atoms with Crippen LogP contribution < -0.4 is 24.0 Å². The Morgan fingerprint density at radius 2 is 1.65 bits per heavy atom. The number of quaternary nitrogens is 1. The van der Waals surface area contributed by atoms with E-state index in [0.717, 1.165) is 61.9 Å². The van der Waals surface area contributed by atoms with Crippen molar-refractivity contribution in [1.82, 2.24) is 4.90 Å². The Morgan fingerprint density at radius 1 is 1.08 bits per heavy atom. The number of carbonyl (C=O) groups excluding carboxylic acids is 1. The molecular weight excluding hydrogens is 439 g/mol. The molecule has 26 heavy (non-hydrogen) atoms. The van der Waals surface area contributed by atoms with E-state index in [1.54, 1.807) is 0 Å². The van der Waals surface area contributed by atoms with Crippen molar-refractivity contribution >= 4 is 5.97 Å². The van der Waals surface area contributed by atoms with Gasteiger partial charge in [0.15, 0.2) is 0 Å². The summed E-state index contributed by atoms with van der Waals surface area (Å²) in [5, 5.41) is 0. The number of halogens is 1. The van der Waals surface area contributed by atoms with Gasteiger partial charge in [-0.1, -0.05) is 36.8 Å². The molecule has 2 fully saturated rings.